The molecule has 0 saturated heterocycles. The van der Waals surface area contributed by atoms with Crippen molar-refractivity contribution < 1.29 is 9.13 Å². The number of aromatic nitrogens is 2. The summed E-state index contributed by atoms with van der Waals surface area (Å²) < 4.78 is 20.9. The number of nitrogens with zero attached hydrogens (tertiary/aromatic N) is 2. The first kappa shape index (κ1) is 13.1. The van der Waals surface area contributed by atoms with E-state index < -0.39 is 0 Å². The molecule has 0 saturated carbocycles. The Labute approximate surface area is 114 Å². The molecule has 1 aromatic carbocycles. The van der Waals surface area contributed by atoms with E-state index >= 15 is 0 Å². The van der Waals surface area contributed by atoms with Crippen LogP contribution in [-0.2, 0) is 6.61 Å². The molecular formula is C13H14BrFN2O. The van der Waals surface area contributed by atoms with Gasteiger partial charge in [0.05, 0.1) is 16.9 Å². The molecule has 0 fully saturated rings. The highest BCUT2D eigenvalue weighted by Gasteiger charge is 2.04. The summed E-state index contributed by atoms with van der Waals surface area (Å²) in [5.74, 6) is 0.440. The number of rotatable bonds is 4. The molecule has 0 radical (unpaired) electrons. The van der Waals surface area contributed by atoms with Crippen LogP contribution in [0.2, 0.25) is 0 Å². The first-order valence-electron chi connectivity index (χ1n) is 5.67. The van der Waals surface area contributed by atoms with Crippen LogP contribution >= 0.6 is 15.9 Å². The van der Waals surface area contributed by atoms with Gasteiger partial charge in [0.2, 0.25) is 0 Å². The van der Waals surface area contributed by atoms with Crippen molar-refractivity contribution in [3.8, 4) is 5.75 Å². The molecule has 0 amide bonds. The van der Waals surface area contributed by atoms with Gasteiger partial charge in [0, 0.05) is 6.04 Å². The third kappa shape index (κ3) is 3.10. The fourth-order valence-electron chi connectivity index (χ4n) is 1.47. The van der Waals surface area contributed by atoms with Crippen LogP contribution in [0.25, 0.3) is 0 Å². The minimum absolute atomic E-state index is 0.272. The van der Waals surface area contributed by atoms with E-state index in [2.05, 4.69) is 21.0 Å². The Morgan fingerprint density at radius 3 is 2.83 bits per heavy atom. The molecule has 5 heteroatoms. The summed E-state index contributed by atoms with van der Waals surface area (Å²) in [6.07, 6.45) is 3.53. The maximum atomic E-state index is 13.1. The third-order valence-electron chi connectivity index (χ3n) is 2.50. The van der Waals surface area contributed by atoms with Crippen LogP contribution in [0.3, 0.4) is 0 Å². The predicted molar refractivity (Wildman–Crippen MR) is 71.0 cm³/mol. The summed E-state index contributed by atoms with van der Waals surface area (Å²) in [6.45, 7) is 4.49. The summed E-state index contributed by atoms with van der Waals surface area (Å²) in [5.41, 5.74) is 0.903. The largest absolute Gasteiger partial charge is 0.486 e. The average Bonchev–Trinajstić information content (AvgIpc) is 2.79. The Bertz CT molecular complexity index is 540. The van der Waals surface area contributed by atoms with Gasteiger partial charge in [-0.2, -0.15) is 5.10 Å². The molecule has 2 rings (SSSR count). The first-order valence-corrected chi connectivity index (χ1v) is 6.46. The van der Waals surface area contributed by atoms with Gasteiger partial charge in [-0.15, -0.1) is 0 Å². The van der Waals surface area contributed by atoms with E-state index in [1.165, 1.54) is 6.07 Å². The molecule has 1 aromatic heterocycles. The average molecular weight is 313 g/mol. The molecule has 1 heterocycles. The predicted octanol–water partition coefficient (Wildman–Crippen LogP) is 3.94. The molecule has 0 unspecified atom stereocenters. The molecule has 0 aliphatic carbocycles. The molecule has 3 nitrogen and oxygen atoms in total. The lowest BCUT2D eigenvalue weighted by Crippen LogP contribution is -2.00. The normalized spacial score (nSPS) is 10.9. The Morgan fingerprint density at radius 2 is 2.22 bits per heavy atom. The van der Waals surface area contributed by atoms with Gasteiger partial charge in [0.1, 0.15) is 12.4 Å². The van der Waals surface area contributed by atoms with Crippen LogP contribution in [0.15, 0.2) is 35.1 Å². The molecule has 0 spiro atoms. The second-order valence-corrected chi connectivity index (χ2v) is 5.14. The van der Waals surface area contributed by atoms with E-state index in [4.69, 9.17) is 4.74 Å². The summed E-state index contributed by atoms with van der Waals surface area (Å²) in [6, 6.07) is 5.14. The minimum Gasteiger partial charge on any atom is -0.486 e. The van der Waals surface area contributed by atoms with Gasteiger partial charge in [0.25, 0.3) is 0 Å². The van der Waals surface area contributed by atoms with Crippen LogP contribution in [0.5, 0.6) is 5.75 Å². The Hall–Kier alpha value is -1.36. The second kappa shape index (κ2) is 5.52. The van der Waals surface area contributed by atoms with Crippen molar-refractivity contribution >= 4 is 15.9 Å². The highest BCUT2D eigenvalue weighted by atomic mass is 79.9. The zero-order chi connectivity index (χ0) is 13.1. The van der Waals surface area contributed by atoms with Crippen molar-refractivity contribution in [3.05, 3.63) is 46.4 Å². The molecule has 0 aliphatic rings. The van der Waals surface area contributed by atoms with Crippen LogP contribution in [-0.4, -0.2) is 9.78 Å². The standard InChI is InChI=1S/C13H14BrFN2O/c1-9(2)17-7-11(6-16-17)18-8-10-3-4-13(15)12(14)5-10/h3-7,9H,8H2,1-2H3. The summed E-state index contributed by atoms with van der Waals surface area (Å²) in [4.78, 5) is 0. The molecule has 18 heavy (non-hydrogen) atoms. The molecule has 0 bridgehead atoms. The summed E-state index contributed by atoms with van der Waals surface area (Å²) >= 11 is 3.15. The van der Waals surface area contributed by atoms with Crippen molar-refractivity contribution in [2.24, 2.45) is 0 Å². The second-order valence-electron chi connectivity index (χ2n) is 4.29. The van der Waals surface area contributed by atoms with Crippen molar-refractivity contribution in [2.45, 2.75) is 26.5 Å². The van der Waals surface area contributed by atoms with Crippen LogP contribution in [0.1, 0.15) is 25.5 Å². The zero-order valence-corrected chi connectivity index (χ0v) is 11.8. The van der Waals surface area contributed by atoms with E-state index in [-0.39, 0.29) is 5.82 Å². The SMILES string of the molecule is CC(C)n1cc(OCc2ccc(F)c(Br)c2)cn1. The van der Waals surface area contributed by atoms with E-state index in [1.807, 2.05) is 24.7 Å². The first-order chi connectivity index (χ1) is 8.56. The molecule has 96 valence electrons. The van der Waals surface area contributed by atoms with Crippen LogP contribution < -0.4 is 4.74 Å². The lowest BCUT2D eigenvalue weighted by molar-refractivity contribution is 0.305. The Kier molecular flexibility index (Phi) is 4.01. The maximum absolute atomic E-state index is 13.1. The van der Waals surface area contributed by atoms with Gasteiger partial charge in [-0.05, 0) is 47.5 Å². The minimum atomic E-state index is -0.272. The molecule has 2 aromatic rings. The topological polar surface area (TPSA) is 27.1 Å². The van der Waals surface area contributed by atoms with Crippen molar-refractivity contribution in [2.75, 3.05) is 0 Å². The summed E-state index contributed by atoms with van der Waals surface area (Å²) in [7, 11) is 0. The van der Waals surface area contributed by atoms with Gasteiger partial charge in [-0.3, -0.25) is 4.68 Å². The Morgan fingerprint density at radius 1 is 1.44 bits per heavy atom. The fraction of sp³-hybridized carbons (Fsp3) is 0.308. The fourth-order valence-corrected chi connectivity index (χ4v) is 1.90. The number of ether oxygens (including phenoxy) is 1. The number of benzene rings is 1. The van der Waals surface area contributed by atoms with Gasteiger partial charge in [-0.25, -0.2) is 4.39 Å². The van der Waals surface area contributed by atoms with E-state index in [9.17, 15) is 4.39 Å². The quantitative estimate of drug-likeness (QED) is 0.855. The van der Waals surface area contributed by atoms with Crippen molar-refractivity contribution in [1.82, 2.24) is 9.78 Å². The van der Waals surface area contributed by atoms with E-state index in [0.717, 1.165) is 5.56 Å². The molecule has 0 atom stereocenters. The zero-order valence-electron chi connectivity index (χ0n) is 10.2. The number of hydrogen-bond acceptors (Lipinski definition) is 2. The lowest BCUT2D eigenvalue weighted by Gasteiger charge is -2.05. The maximum Gasteiger partial charge on any atom is 0.157 e. The Balaban J connectivity index is 2.00. The van der Waals surface area contributed by atoms with Gasteiger partial charge in [0.15, 0.2) is 5.75 Å². The molecule has 0 aliphatic heterocycles. The van der Waals surface area contributed by atoms with Crippen LogP contribution in [0, 0.1) is 5.82 Å². The third-order valence-corrected chi connectivity index (χ3v) is 3.10. The van der Waals surface area contributed by atoms with Crippen molar-refractivity contribution in [3.63, 3.8) is 0 Å². The number of halogens is 2. The molecule has 0 N–H and O–H groups in total. The molecular weight excluding hydrogens is 299 g/mol. The highest BCUT2D eigenvalue weighted by molar-refractivity contribution is 9.10. The lowest BCUT2D eigenvalue weighted by atomic mass is 10.2. The summed E-state index contributed by atoms with van der Waals surface area (Å²) in [5, 5.41) is 4.18. The van der Waals surface area contributed by atoms with Gasteiger partial charge in [-0.1, -0.05) is 6.07 Å². The smallest absolute Gasteiger partial charge is 0.157 e. The highest BCUT2D eigenvalue weighted by Crippen LogP contribution is 2.19. The van der Waals surface area contributed by atoms with Crippen LogP contribution in [0.4, 0.5) is 4.39 Å². The van der Waals surface area contributed by atoms with Gasteiger partial charge >= 0.3 is 0 Å². The number of hydrogen-bond donors (Lipinski definition) is 0. The van der Waals surface area contributed by atoms with Gasteiger partial charge < -0.3 is 4.74 Å². The van der Waals surface area contributed by atoms with E-state index in [0.29, 0.717) is 22.9 Å². The van der Waals surface area contributed by atoms with Crippen molar-refractivity contribution in [1.29, 1.82) is 0 Å². The van der Waals surface area contributed by atoms with E-state index in [1.54, 1.807) is 18.3 Å². The monoisotopic (exact) mass is 312 g/mol.